The monoisotopic (exact) mass is 435 g/mol. The van der Waals surface area contributed by atoms with Gasteiger partial charge in [0.15, 0.2) is 5.13 Å². The highest BCUT2D eigenvalue weighted by Gasteiger charge is 2.33. The molecule has 0 bridgehead atoms. The minimum Gasteiger partial charge on any atom is -0.369 e. The number of halogens is 2. The Balaban J connectivity index is 1.63. The molecular formula is C18H15Cl2N5O2S. The van der Waals surface area contributed by atoms with Gasteiger partial charge in [0, 0.05) is 16.3 Å². The fourth-order valence-electron chi connectivity index (χ4n) is 2.92. The summed E-state index contributed by atoms with van der Waals surface area (Å²) in [5.74, 6) is -0.532. The SMILES string of the molecule is NC(=O)Cc1csc(NC(=O)c2cnn(-c3ccc(Cl)cc3Cl)c2C2CC2)n1. The van der Waals surface area contributed by atoms with Crippen molar-refractivity contribution < 1.29 is 9.59 Å². The van der Waals surface area contributed by atoms with Crippen LogP contribution in [0.3, 0.4) is 0 Å². The molecule has 0 unspecified atom stereocenters. The molecule has 1 fully saturated rings. The Hall–Kier alpha value is -2.42. The zero-order valence-electron chi connectivity index (χ0n) is 14.5. The van der Waals surface area contributed by atoms with Gasteiger partial charge in [-0.3, -0.25) is 14.9 Å². The first-order valence-electron chi connectivity index (χ1n) is 8.50. The largest absolute Gasteiger partial charge is 0.369 e. The Bertz CT molecular complexity index is 1070. The minimum absolute atomic E-state index is 0.0344. The molecule has 0 radical (unpaired) electrons. The molecule has 7 nitrogen and oxygen atoms in total. The Morgan fingerprint density at radius 1 is 1.32 bits per heavy atom. The zero-order chi connectivity index (χ0) is 19.8. The number of hydrogen-bond acceptors (Lipinski definition) is 5. The number of nitrogens with zero attached hydrogens (tertiary/aromatic N) is 3. The van der Waals surface area contributed by atoms with Crippen molar-refractivity contribution in [2.75, 3.05) is 5.32 Å². The number of rotatable bonds is 6. The lowest BCUT2D eigenvalue weighted by Gasteiger charge is -2.10. The third kappa shape index (κ3) is 3.89. The summed E-state index contributed by atoms with van der Waals surface area (Å²) in [7, 11) is 0. The van der Waals surface area contributed by atoms with Gasteiger partial charge in [-0.2, -0.15) is 5.10 Å². The lowest BCUT2D eigenvalue weighted by molar-refractivity contribution is -0.117. The van der Waals surface area contributed by atoms with Crippen molar-refractivity contribution in [3.63, 3.8) is 0 Å². The van der Waals surface area contributed by atoms with E-state index < -0.39 is 5.91 Å². The Kier molecular flexibility index (Phi) is 5.09. The van der Waals surface area contributed by atoms with Gasteiger partial charge in [0.25, 0.3) is 5.91 Å². The highest BCUT2D eigenvalue weighted by Crippen LogP contribution is 2.43. The molecule has 2 amide bonds. The molecule has 3 aromatic rings. The Morgan fingerprint density at radius 2 is 2.11 bits per heavy atom. The quantitative estimate of drug-likeness (QED) is 0.614. The van der Waals surface area contributed by atoms with Crippen LogP contribution in [0.1, 0.15) is 40.5 Å². The molecule has 0 spiro atoms. The van der Waals surface area contributed by atoms with Crippen LogP contribution in [0.25, 0.3) is 5.69 Å². The van der Waals surface area contributed by atoms with Gasteiger partial charge < -0.3 is 5.73 Å². The summed E-state index contributed by atoms with van der Waals surface area (Å²) >= 11 is 13.6. The number of anilines is 1. The average Bonchev–Trinajstić information content (AvgIpc) is 3.22. The average molecular weight is 436 g/mol. The van der Waals surface area contributed by atoms with Crippen LogP contribution in [0.2, 0.25) is 10.0 Å². The van der Waals surface area contributed by atoms with Crippen molar-refractivity contribution in [3.05, 3.63) is 56.8 Å². The third-order valence-corrected chi connectivity index (χ3v) is 5.62. The van der Waals surface area contributed by atoms with E-state index in [-0.39, 0.29) is 18.2 Å². The molecule has 1 saturated carbocycles. The maximum Gasteiger partial charge on any atom is 0.260 e. The highest BCUT2D eigenvalue weighted by atomic mass is 35.5. The molecule has 0 atom stereocenters. The number of carbonyl (C=O) groups excluding carboxylic acids is 2. The van der Waals surface area contributed by atoms with Crippen molar-refractivity contribution in [3.8, 4) is 5.69 Å². The van der Waals surface area contributed by atoms with Gasteiger partial charge in [0.2, 0.25) is 5.91 Å². The molecule has 0 saturated heterocycles. The second-order valence-corrected chi connectivity index (χ2v) is 8.17. The number of nitrogens with two attached hydrogens (primary N) is 1. The molecule has 3 N–H and O–H groups in total. The number of amides is 2. The molecule has 10 heteroatoms. The van der Waals surface area contributed by atoms with Crippen molar-refractivity contribution in [1.29, 1.82) is 0 Å². The zero-order valence-corrected chi connectivity index (χ0v) is 16.8. The van der Waals surface area contributed by atoms with Gasteiger partial charge in [-0.1, -0.05) is 23.2 Å². The van der Waals surface area contributed by atoms with Gasteiger partial charge in [-0.25, -0.2) is 9.67 Å². The standard InChI is InChI=1S/C18H15Cl2N5O2S/c19-10-3-4-14(13(20)5-10)25-16(9-1-2-9)12(7-22-25)17(27)24-18-23-11(8-28-18)6-15(21)26/h3-5,7-9H,1-2,6H2,(H2,21,26)(H,23,24,27). The van der Waals surface area contributed by atoms with Gasteiger partial charge >= 0.3 is 0 Å². The van der Waals surface area contributed by atoms with Crippen molar-refractivity contribution >= 4 is 51.5 Å². The molecule has 1 aliphatic rings. The van der Waals surface area contributed by atoms with E-state index in [4.69, 9.17) is 28.9 Å². The van der Waals surface area contributed by atoms with Crippen LogP contribution < -0.4 is 11.1 Å². The molecule has 2 heterocycles. The van der Waals surface area contributed by atoms with Crippen LogP contribution in [0, 0.1) is 0 Å². The van der Waals surface area contributed by atoms with E-state index in [1.165, 1.54) is 17.5 Å². The van der Waals surface area contributed by atoms with E-state index in [0.717, 1.165) is 18.5 Å². The number of thiazole rings is 1. The highest BCUT2D eigenvalue weighted by molar-refractivity contribution is 7.14. The van der Waals surface area contributed by atoms with Gasteiger partial charge in [0.1, 0.15) is 0 Å². The maximum absolute atomic E-state index is 12.8. The lowest BCUT2D eigenvalue weighted by atomic mass is 10.1. The van der Waals surface area contributed by atoms with Crippen LogP contribution in [0.4, 0.5) is 5.13 Å². The van der Waals surface area contributed by atoms with Gasteiger partial charge in [0.05, 0.1) is 40.3 Å². The van der Waals surface area contributed by atoms with Crippen LogP contribution in [0.5, 0.6) is 0 Å². The first-order chi connectivity index (χ1) is 13.4. The summed E-state index contributed by atoms with van der Waals surface area (Å²) in [6.45, 7) is 0. The van der Waals surface area contributed by atoms with Crippen molar-refractivity contribution in [2.24, 2.45) is 5.73 Å². The molecule has 4 rings (SSSR count). The number of hydrogen-bond donors (Lipinski definition) is 2. The first-order valence-corrected chi connectivity index (χ1v) is 10.1. The van der Waals surface area contributed by atoms with E-state index in [1.807, 2.05) is 0 Å². The van der Waals surface area contributed by atoms with E-state index in [0.29, 0.717) is 32.1 Å². The van der Waals surface area contributed by atoms with Gasteiger partial charge in [-0.15, -0.1) is 11.3 Å². The smallest absolute Gasteiger partial charge is 0.260 e. The summed E-state index contributed by atoms with van der Waals surface area (Å²) in [6, 6.07) is 5.16. The second kappa shape index (κ2) is 7.54. The summed E-state index contributed by atoms with van der Waals surface area (Å²) in [5.41, 5.74) is 7.66. The number of aromatic nitrogens is 3. The summed E-state index contributed by atoms with van der Waals surface area (Å²) < 4.78 is 1.70. The normalized spacial score (nSPS) is 13.5. The number of carbonyl (C=O) groups is 2. The predicted molar refractivity (Wildman–Crippen MR) is 109 cm³/mol. The van der Waals surface area contributed by atoms with E-state index in [1.54, 1.807) is 28.3 Å². The van der Waals surface area contributed by atoms with E-state index in [9.17, 15) is 9.59 Å². The molecule has 28 heavy (non-hydrogen) atoms. The van der Waals surface area contributed by atoms with Gasteiger partial charge in [-0.05, 0) is 31.0 Å². The van der Waals surface area contributed by atoms with Crippen LogP contribution in [0.15, 0.2) is 29.8 Å². The van der Waals surface area contributed by atoms with Crippen LogP contribution in [-0.2, 0) is 11.2 Å². The Labute approximate surface area is 174 Å². The molecule has 1 aromatic carbocycles. The van der Waals surface area contributed by atoms with Crippen LogP contribution in [-0.4, -0.2) is 26.6 Å². The van der Waals surface area contributed by atoms with Crippen molar-refractivity contribution in [2.45, 2.75) is 25.2 Å². The first kappa shape index (κ1) is 18.9. The number of benzene rings is 1. The summed E-state index contributed by atoms with van der Waals surface area (Å²) in [5, 5.41) is 10.3. The maximum atomic E-state index is 12.8. The minimum atomic E-state index is -0.472. The molecule has 0 aliphatic heterocycles. The lowest BCUT2D eigenvalue weighted by Crippen LogP contribution is -2.15. The molecule has 144 valence electrons. The van der Waals surface area contributed by atoms with Crippen LogP contribution >= 0.6 is 34.5 Å². The number of primary amides is 1. The topological polar surface area (TPSA) is 103 Å². The van der Waals surface area contributed by atoms with Crippen molar-refractivity contribution in [1.82, 2.24) is 14.8 Å². The summed E-state index contributed by atoms with van der Waals surface area (Å²) in [6.07, 6.45) is 3.53. The summed E-state index contributed by atoms with van der Waals surface area (Å²) in [4.78, 5) is 28.1. The fraction of sp³-hybridized carbons (Fsp3) is 0.222. The second-order valence-electron chi connectivity index (χ2n) is 6.47. The van der Waals surface area contributed by atoms with E-state index in [2.05, 4.69) is 15.4 Å². The molecule has 2 aromatic heterocycles. The predicted octanol–water partition coefficient (Wildman–Crippen LogP) is 3.79. The number of nitrogens with one attached hydrogen (secondary N) is 1. The fourth-order valence-corrected chi connectivity index (χ4v) is 4.11. The molecule has 1 aliphatic carbocycles. The Morgan fingerprint density at radius 3 is 2.79 bits per heavy atom. The van der Waals surface area contributed by atoms with E-state index >= 15 is 0 Å². The third-order valence-electron chi connectivity index (χ3n) is 4.28. The molecular weight excluding hydrogens is 421 g/mol.